The van der Waals surface area contributed by atoms with Gasteiger partial charge in [-0.15, -0.1) is 0 Å². The molecule has 0 aliphatic carbocycles. The van der Waals surface area contributed by atoms with E-state index in [0.717, 1.165) is 31.3 Å². The highest BCUT2D eigenvalue weighted by Gasteiger charge is 2.33. The van der Waals surface area contributed by atoms with E-state index in [9.17, 15) is 9.59 Å². The molecule has 0 radical (unpaired) electrons. The highest BCUT2D eigenvalue weighted by molar-refractivity contribution is 5.89. The lowest BCUT2D eigenvalue weighted by molar-refractivity contribution is -0.129. The van der Waals surface area contributed by atoms with Crippen LogP contribution in [0.3, 0.4) is 0 Å². The molecule has 1 atom stereocenters. The normalized spacial score (nSPS) is 17.4. The van der Waals surface area contributed by atoms with Crippen molar-refractivity contribution in [1.82, 2.24) is 15.2 Å². The SMILES string of the molecule is CCCCN1CC(C(=O)NCCc2c[nH]c3ccc(C)cc23)CC1=O. The zero-order valence-corrected chi connectivity index (χ0v) is 15.1. The van der Waals surface area contributed by atoms with Crippen molar-refractivity contribution >= 4 is 22.7 Å². The molecule has 2 heterocycles. The quantitative estimate of drug-likeness (QED) is 0.813. The summed E-state index contributed by atoms with van der Waals surface area (Å²) in [7, 11) is 0. The third kappa shape index (κ3) is 4.03. The van der Waals surface area contributed by atoms with Crippen LogP contribution in [0.1, 0.15) is 37.3 Å². The van der Waals surface area contributed by atoms with Gasteiger partial charge in [-0.1, -0.05) is 25.0 Å². The number of amides is 2. The Bertz CT molecular complexity index is 765. The van der Waals surface area contributed by atoms with Crippen LogP contribution in [0.15, 0.2) is 24.4 Å². The van der Waals surface area contributed by atoms with Crippen LogP contribution in [0, 0.1) is 12.8 Å². The summed E-state index contributed by atoms with van der Waals surface area (Å²) in [6.07, 6.45) is 5.21. The summed E-state index contributed by atoms with van der Waals surface area (Å²) in [5.74, 6) is -0.0846. The van der Waals surface area contributed by atoms with Crippen molar-refractivity contribution in [3.8, 4) is 0 Å². The van der Waals surface area contributed by atoms with Gasteiger partial charge >= 0.3 is 0 Å². The summed E-state index contributed by atoms with van der Waals surface area (Å²) in [4.78, 5) is 29.4. The molecular formula is C20H27N3O2. The molecule has 3 rings (SSSR count). The van der Waals surface area contributed by atoms with Gasteiger partial charge in [0, 0.05) is 43.2 Å². The number of unbranched alkanes of at least 4 members (excludes halogenated alkanes) is 1. The van der Waals surface area contributed by atoms with E-state index in [0.29, 0.717) is 19.5 Å². The number of nitrogens with one attached hydrogen (secondary N) is 2. The smallest absolute Gasteiger partial charge is 0.225 e. The first-order valence-corrected chi connectivity index (χ1v) is 9.20. The number of benzene rings is 1. The van der Waals surface area contributed by atoms with Gasteiger partial charge in [0.15, 0.2) is 0 Å². The van der Waals surface area contributed by atoms with Gasteiger partial charge in [0.25, 0.3) is 0 Å². The third-order valence-electron chi connectivity index (χ3n) is 4.98. The maximum absolute atomic E-state index is 12.4. The maximum atomic E-state index is 12.4. The number of hydrogen-bond donors (Lipinski definition) is 2. The molecule has 1 aliphatic heterocycles. The fourth-order valence-electron chi connectivity index (χ4n) is 3.48. The first-order chi connectivity index (χ1) is 12.1. The van der Waals surface area contributed by atoms with E-state index in [2.05, 4.69) is 42.3 Å². The van der Waals surface area contributed by atoms with Crippen molar-refractivity contribution in [3.05, 3.63) is 35.5 Å². The van der Waals surface area contributed by atoms with Crippen LogP contribution in [0.4, 0.5) is 0 Å². The first-order valence-electron chi connectivity index (χ1n) is 9.20. The van der Waals surface area contributed by atoms with E-state index in [1.165, 1.54) is 16.5 Å². The summed E-state index contributed by atoms with van der Waals surface area (Å²) in [5, 5.41) is 4.23. The minimum absolute atomic E-state index is 0.00312. The Morgan fingerprint density at radius 1 is 1.40 bits per heavy atom. The van der Waals surface area contributed by atoms with Gasteiger partial charge in [-0.25, -0.2) is 0 Å². The van der Waals surface area contributed by atoms with Crippen molar-refractivity contribution < 1.29 is 9.59 Å². The largest absolute Gasteiger partial charge is 0.361 e. The minimum Gasteiger partial charge on any atom is -0.361 e. The molecule has 1 aromatic heterocycles. The van der Waals surface area contributed by atoms with Crippen molar-refractivity contribution in [2.45, 2.75) is 39.5 Å². The Balaban J connectivity index is 1.51. The van der Waals surface area contributed by atoms with Gasteiger partial charge < -0.3 is 15.2 Å². The van der Waals surface area contributed by atoms with Gasteiger partial charge in [0.05, 0.1) is 5.92 Å². The Morgan fingerprint density at radius 2 is 2.24 bits per heavy atom. The molecule has 25 heavy (non-hydrogen) atoms. The lowest BCUT2D eigenvalue weighted by Crippen LogP contribution is -2.34. The molecule has 5 heteroatoms. The number of rotatable bonds is 7. The van der Waals surface area contributed by atoms with E-state index in [1.54, 1.807) is 0 Å². The summed E-state index contributed by atoms with van der Waals surface area (Å²) in [6, 6.07) is 6.35. The van der Waals surface area contributed by atoms with Crippen LogP contribution in [0.2, 0.25) is 0 Å². The predicted molar refractivity (Wildman–Crippen MR) is 99.3 cm³/mol. The highest BCUT2D eigenvalue weighted by Crippen LogP contribution is 2.21. The number of H-pyrrole nitrogens is 1. The zero-order valence-electron chi connectivity index (χ0n) is 15.1. The van der Waals surface area contributed by atoms with Gasteiger partial charge in [0.1, 0.15) is 0 Å². The number of fused-ring (bicyclic) bond motifs is 1. The van der Waals surface area contributed by atoms with Gasteiger partial charge in [0.2, 0.25) is 11.8 Å². The molecular weight excluding hydrogens is 314 g/mol. The van der Waals surface area contributed by atoms with Crippen LogP contribution >= 0.6 is 0 Å². The van der Waals surface area contributed by atoms with Crippen LogP contribution < -0.4 is 5.32 Å². The molecule has 1 aromatic carbocycles. The monoisotopic (exact) mass is 341 g/mol. The molecule has 0 bridgehead atoms. The number of likely N-dealkylation sites (tertiary alicyclic amines) is 1. The van der Waals surface area contributed by atoms with E-state index >= 15 is 0 Å². The van der Waals surface area contributed by atoms with Crippen molar-refractivity contribution in [2.75, 3.05) is 19.6 Å². The van der Waals surface area contributed by atoms with Gasteiger partial charge in [-0.3, -0.25) is 9.59 Å². The summed E-state index contributed by atoms with van der Waals surface area (Å²) in [6.45, 7) is 6.13. The molecule has 1 aliphatic rings. The topological polar surface area (TPSA) is 65.2 Å². The fourth-order valence-corrected chi connectivity index (χ4v) is 3.48. The zero-order chi connectivity index (χ0) is 17.8. The van der Waals surface area contributed by atoms with E-state index in [4.69, 9.17) is 0 Å². The number of aromatic nitrogens is 1. The van der Waals surface area contributed by atoms with Crippen LogP contribution in [-0.2, 0) is 16.0 Å². The fraction of sp³-hybridized carbons (Fsp3) is 0.500. The summed E-state index contributed by atoms with van der Waals surface area (Å²) in [5.41, 5.74) is 3.57. The van der Waals surface area contributed by atoms with Crippen LogP contribution in [0.5, 0.6) is 0 Å². The third-order valence-corrected chi connectivity index (χ3v) is 4.98. The van der Waals surface area contributed by atoms with Crippen molar-refractivity contribution in [2.24, 2.45) is 5.92 Å². The summed E-state index contributed by atoms with van der Waals surface area (Å²) < 4.78 is 0. The standard InChI is InChI=1S/C20H27N3O2/c1-3-4-9-23-13-16(11-19(23)24)20(25)21-8-7-15-12-22-18-6-5-14(2)10-17(15)18/h5-6,10,12,16,22H,3-4,7-9,11,13H2,1-2H3,(H,21,25). The molecule has 2 aromatic rings. The number of aryl methyl sites for hydroxylation is 1. The van der Waals surface area contributed by atoms with Gasteiger partial charge in [-0.2, -0.15) is 0 Å². The second-order valence-electron chi connectivity index (χ2n) is 7.00. The van der Waals surface area contributed by atoms with E-state index in [-0.39, 0.29) is 17.7 Å². The molecule has 0 saturated carbocycles. The number of nitrogens with zero attached hydrogens (tertiary/aromatic N) is 1. The predicted octanol–water partition coefficient (Wildman–Crippen LogP) is 2.78. The Morgan fingerprint density at radius 3 is 3.04 bits per heavy atom. The van der Waals surface area contributed by atoms with Gasteiger partial charge in [-0.05, 0) is 37.5 Å². The second kappa shape index (κ2) is 7.72. The number of carbonyl (C=O) groups is 2. The molecule has 1 unspecified atom stereocenters. The molecule has 5 nitrogen and oxygen atoms in total. The molecule has 0 spiro atoms. The Kier molecular flexibility index (Phi) is 5.41. The number of hydrogen-bond acceptors (Lipinski definition) is 2. The average molecular weight is 341 g/mol. The molecule has 1 fully saturated rings. The Labute approximate surface area is 148 Å². The number of carbonyl (C=O) groups excluding carboxylic acids is 2. The average Bonchev–Trinajstić information content (AvgIpc) is 3.16. The summed E-state index contributed by atoms with van der Waals surface area (Å²) >= 11 is 0. The van der Waals surface area contributed by atoms with E-state index in [1.807, 2.05) is 11.1 Å². The van der Waals surface area contributed by atoms with Crippen LogP contribution in [-0.4, -0.2) is 41.3 Å². The lowest BCUT2D eigenvalue weighted by Gasteiger charge is -2.15. The Hall–Kier alpha value is -2.30. The van der Waals surface area contributed by atoms with Crippen molar-refractivity contribution in [3.63, 3.8) is 0 Å². The van der Waals surface area contributed by atoms with Crippen LogP contribution in [0.25, 0.3) is 10.9 Å². The second-order valence-corrected chi connectivity index (χ2v) is 7.00. The molecule has 134 valence electrons. The minimum atomic E-state index is -0.199. The molecule has 2 amide bonds. The lowest BCUT2D eigenvalue weighted by atomic mass is 10.1. The van der Waals surface area contributed by atoms with E-state index < -0.39 is 0 Å². The maximum Gasteiger partial charge on any atom is 0.225 e. The molecule has 2 N–H and O–H groups in total. The van der Waals surface area contributed by atoms with Crippen molar-refractivity contribution in [1.29, 1.82) is 0 Å². The number of aromatic amines is 1. The first kappa shape index (κ1) is 17.5. The highest BCUT2D eigenvalue weighted by atomic mass is 16.2. The molecule has 1 saturated heterocycles.